The Kier molecular flexibility index (Phi) is 3.23. The van der Waals surface area contributed by atoms with E-state index in [1.807, 2.05) is 4.90 Å². The zero-order valence-electron chi connectivity index (χ0n) is 9.19. The van der Waals surface area contributed by atoms with E-state index in [9.17, 15) is 4.79 Å². The summed E-state index contributed by atoms with van der Waals surface area (Å²) in [7, 11) is 2.09. The molecule has 0 aromatic heterocycles. The average molecular weight is 213 g/mol. The molecule has 5 nitrogen and oxygen atoms in total. The molecule has 2 N–H and O–H groups in total. The Morgan fingerprint density at radius 2 is 2.33 bits per heavy atom. The van der Waals surface area contributed by atoms with E-state index in [2.05, 4.69) is 11.9 Å². The number of hydrogen-bond donors (Lipinski definition) is 1. The van der Waals surface area contributed by atoms with Crippen LogP contribution in [0.4, 0.5) is 0 Å². The second kappa shape index (κ2) is 4.47. The van der Waals surface area contributed by atoms with Gasteiger partial charge in [-0.1, -0.05) is 0 Å². The standard InChI is InChI=1S/C10H19N3O2/c1-12-4-5-15-9-7-13(6-8(9)12)10(14)2-3-11/h8-9H,2-7,11H2,1H3. The molecule has 2 saturated heterocycles. The summed E-state index contributed by atoms with van der Waals surface area (Å²) in [6, 6.07) is 0.375. The van der Waals surface area contributed by atoms with Gasteiger partial charge in [0.15, 0.2) is 0 Å². The van der Waals surface area contributed by atoms with Crippen molar-refractivity contribution >= 4 is 5.91 Å². The van der Waals surface area contributed by atoms with Gasteiger partial charge in [-0.05, 0) is 7.05 Å². The van der Waals surface area contributed by atoms with Gasteiger partial charge in [0, 0.05) is 32.6 Å². The summed E-state index contributed by atoms with van der Waals surface area (Å²) in [5.74, 6) is 0.156. The number of fused-ring (bicyclic) bond motifs is 1. The summed E-state index contributed by atoms with van der Waals surface area (Å²) in [5.41, 5.74) is 5.38. The number of nitrogens with two attached hydrogens (primary N) is 1. The number of amides is 1. The highest BCUT2D eigenvalue weighted by atomic mass is 16.5. The number of carbonyl (C=O) groups is 1. The SMILES string of the molecule is CN1CCOC2CN(C(=O)CCN)CC21. The second-order valence-corrected chi connectivity index (χ2v) is 4.29. The van der Waals surface area contributed by atoms with Crippen LogP contribution in [0.25, 0.3) is 0 Å². The summed E-state index contributed by atoms with van der Waals surface area (Å²) in [4.78, 5) is 15.8. The van der Waals surface area contributed by atoms with E-state index >= 15 is 0 Å². The van der Waals surface area contributed by atoms with E-state index < -0.39 is 0 Å². The van der Waals surface area contributed by atoms with E-state index in [0.29, 0.717) is 19.0 Å². The summed E-state index contributed by atoms with van der Waals surface area (Å²) in [6.07, 6.45) is 0.647. The number of hydrogen-bond acceptors (Lipinski definition) is 4. The van der Waals surface area contributed by atoms with Gasteiger partial charge in [0.1, 0.15) is 0 Å². The van der Waals surface area contributed by atoms with E-state index in [1.54, 1.807) is 0 Å². The van der Waals surface area contributed by atoms with Gasteiger partial charge in [-0.25, -0.2) is 0 Å². The molecule has 0 bridgehead atoms. The van der Waals surface area contributed by atoms with Gasteiger partial charge in [-0.2, -0.15) is 0 Å². The summed E-state index contributed by atoms with van der Waals surface area (Å²) in [5, 5.41) is 0. The van der Waals surface area contributed by atoms with Crippen molar-refractivity contribution in [2.75, 3.05) is 39.8 Å². The molecular weight excluding hydrogens is 194 g/mol. The van der Waals surface area contributed by atoms with Crippen LogP contribution < -0.4 is 5.73 Å². The van der Waals surface area contributed by atoms with Crippen molar-refractivity contribution in [3.63, 3.8) is 0 Å². The molecule has 5 heteroatoms. The number of nitrogens with zero attached hydrogens (tertiary/aromatic N) is 2. The summed E-state index contributed by atoms with van der Waals surface area (Å²) < 4.78 is 5.66. The molecule has 15 heavy (non-hydrogen) atoms. The summed E-state index contributed by atoms with van der Waals surface area (Å²) in [6.45, 7) is 3.69. The molecule has 2 rings (SSSR count). The lowest BCUT2D eigenvalue weighted by Gasteiger charge is -2.33. The van der Waals surface area contributed by atoms with E-state index in [-0.39, 0.29) is 12.0 Å². The first-order valence-electron chi connectivity index (χ1n) is 5.52. The number of carbonyl (C=O) groups excluding carboxylic acids is 1. The van der Waals surface area contributed by atoms with Crippen LogP contribution in [0.3, 0.4) is 0 Å². The normalized spacial score (nSPS) is 31.7. The molecule has 2 atom stereocenters. The van der Waals surface area contributed by atoms with Gasteiger partial charge in [0.05, 0.1) is 18.8 Å². The molecule has 1 amide bonds. The third-order valence-corrected chi connectivity index (χ3v) is 3.29. The van der Waals surface area contributed by atoms with Crippen LogP contribution in [0, 0.1) is 0 Å². The maximum absolute atomic E-state index is 11.7. The fraction of sp³-hybridized carbons (Fsp3) is 0.900. The van der Waals surface area contributed by atoms with Gasteiger partial charge in [-0.3, -0.25) is 9.69 Å². The Hall–Kier alpha value is -0.650. The Labute approximate surface area is 90.1 Å². The monoisotopic (exact) mass is 213 g/mol. The molecule has 86 valence electrons. The lowest BCUT2D eigenvalue weighted by molar-refractivity contribution is -0.130. The topological polar surface area (TPSA) is 58.8 Å². The molecule has 0 spiro atoms. The molecule has 2 heterocycles. The second-order valence-electron chi connectivity index (χ2n) is 4.29. The molecule has 0 saturated carbocycles. The molecule has 2 fully saturated rings. The lowest BCUT2D eigenvalue weighted by Crippen LogP contribution is -2.48. The fourth-order valence-corrected chi connectivity index (χ4v) is 2.34. The van der Waals surface area contributed by atoms with Crippen molar-refractivity contribution < 1.29 is 9.53 Å². The number of ether oxygens (including phenoxy) is 1. The zero-order chi connectivity index (χ0) is 10.8. The molecule has 0 aromatic rings. The Morgan fingerprint density at radius 1 is 1.53 bits per heavy atom. The lowest BCUT2D eigenvalue weighted by atomic mass is 10.1. The fourth-order valence-electron chi connectivity index (χ4n) is 2.34. The average Bonchev–Trinajstić information content (AvgIpc) is 2.63. The van der Waals surface area contributed by atoms with Crippen LogP contribution in [0.5, 0.6) is 0 Å². The third-order valence-electron chi connectivity index (χ3n) is 3.29. The highest BCUT2D eigenvalue weighted by molar-refractivity contribution is 5.76. The van der Waals surface area contributed by atoms with Crippen molar-refractivity contribution in [2.24, 2.45) is 5.73 Å². The van der Waals surface area contributed by atoms with Crippen molar-refractivity contribution in [1.29, 1.82) is 0 Å². The molecule has 0 radical (unpaired) electrons. The maximum atomic E-state index is 11.7. The highest BCUT2D eigenvalue weighted by Gasteiger charge is 2.39. The minimum atomic E-state index is 0.156. The minimum Gasteiger partial charge on any atom is -0.373 e. The van der Waals surface area contributed by atoms with Crippen LogP contribution in [0.1, 0.15) is 6.42 Å². The smallest absolute Gasteiger partial charge is 0.223 e. The predicted molar refractivity (Wildman–Crippen MR) is 56.4 cm³/mol. The van der Waals surface area contributed by atoms with Crippen LogP contribution in [0.15, 0.2) is 0 Å². The van der Waals surface area contributed by atoms with Crippen molar-refractivity contribution in [2.45, 2.75) is 18.6 Å². The van der Waals surface area contributed by atoms with Gasteiger partial charge in [0.25, 0.3) is 0 Å². The molecule has 0 aliphatic carbocycles. The Morgan fingerprint density at radius 3 is 3.00 bits per heavy atom. The first kappa shape index (κ1) is 10.9. The first-order valence-corrected chi connectivity index (χ1v) is 5.52. The maximum Gasteiger partial charge on any atom is 0.223 e. The zero-order valence-corrected chi connectivity index (χ0v) is 9.19. The molecular formula is C10H19N3O2. The van der Waals surface area contributed by atoms with Gasteiger partial charge in [0.2, 0.25) is 5.91 Å². The minimum absolute atomic E-state index is 0.156. The van der Waals surface area contributed by atoms with Crippen LogP contribution in [0.2, 0.25) is 0 Å². The highest BCUT2D eigenvalue weighted by Crippen LogP contribution is 2.21. The summed E-state index contributed by atoms with van der Waals surface area (Å²) >= 11 is 0. The van der Waals surface area contributed by atoms with E-state index in [0.717, 1.165) is 26.2 Å². The number of likely N-dealkylation sites (tertiary alicyclic amines) is 1. The van der Waals surface area contributed by atoms with Crippen LogP contribution in [-0.4, -0.2) is 67.7 Å². The van der Waals surface area contributed by atoms with E-state index in [4.69, 9.17) is 10.5 Å². The quantitative estimate of drug-likeness (QED) is 0.631. The van der Waals surface area contributed by atoms with Crippen molar-refractivity contribution in [1.82, 2.24) is 9.80 Å². The number of likely N-dealkylation sites (N-methyl/N-ethyl adjacent to an activating group) is 1. The molecule has 2 aliphatic heterocycles. The Balaban J connectivity index is 1.94. The van der Waals surface area contributed by atoms with Gasteiger partial charge >= 0.3 is 0 Å². The predicted octanol–water partition coefficient (Wildman–Crippen LogP) is -1.12. The van der Waals surface area contributed by atoms with Gasteiger partial charge < -0.3 is 15.4 Å². The molecule has 2 unspecified atom stereocenters. The van der Waals surface area contributed by atoms with E-state index in [1.165, 1.54) is 0 Å². The largest absolute Gasteiger partial charge is 0.373 e. The van der Waals surface area contributed by atoms with Crippen LogP contribution >= 0.6 is 0 Å². The molecule has 0 aromatic carbocycles. The van der Waals surface area contributed by atoms with Crippen molar-refractivity contribution in [3.05, 3.63) is 0 Å². The Bertz CT molecular complexity index is 247. The van der Waals surface area contributed by atoms with Crippen LogP contribution in [-0.2, 0) is 9.53 Å². The third kappa shape index (κ3) is 2.14. The number of rotatable bonds is 2. The number of morpholine rings is 1. The van der Waals surface area contributed by atoms with Gasteiger partial charge in [-0.15, -0.1) is 0 Å². The van der Waals surface area contributed by atoms with Crippen molar-refractivity contribution in [3.8, 4) is 0 Å². The molecule has 2 aliphatic rings. The first-order chi connectivity index (χ1) is 7.22.